The highest BCUT2D eigenvalue weighted by atomic mass is 32.1. The average Bonchev–Trinajstić information content (AvgIpc) is 3.02. The maximum atomic E-state index is 12.3. The molecular formula is C18H23N3O3S. The zero-order valence-electron chi connectivity index (χ0n) is 14.7. The van der Waals surface area contributed by atoms with E-state index in [1.807, 2.05) is 19.2 Å². The Labute approximate surface area is 151 Å². The Morgan fingerprint density at radius 2 is 1.96 bits per heavy atom. The molecule has 2 aromatic rings. The van der Waals surface area contributed by atoms with Crippen molar-refractivity contribution in [2.45, 2.75) is 26.7 Å². The summed E-state index contributed by atoms with van der Waals surface area (Å²) in [4.78, 5) is 30.1. The second-order valence-electron chi connectivity index (χ2n) is 5.55. The third kappa shape index (κ3) is 5.56. The highest BCUT2D eigenvalue weighted by Gasteiger charge is 2.12. The molecule has 134 valence electrons. The molecular weight excluding hydrogens is 338 g/mol. The van der Waals surface area contributed by atoms with Crippen LogP contribution in [-0.4, -0.2) is 37.1 Å². The van der Waals surface area contributed by atoms with Crippen molar-refractivity contribution in [1.29, 1.82) is 0 Å². The Balaban J connectivity index is 1.95. The topological polar surface area (TPSA) is 71.5 Å². The second-order valence-corrected chi connectivity index (χ2v) is 6.41. The lowest BCUT2D eigenvalue weighted by molar-refractivity contribution is -0.142. The Bertz CT molecular complexity index is 713. The molecule has 1 heterocycles. The van der Waals surface area contributed by atoms with Crippen LogP contribution in [0.1, 0.15) is 36.3 Å². The number of esters is 1. The van der Waals surface area contributed by atoms with Crippen molar-refractivity contribution in [1.82, 2.24) is 4.98 Å². The Hall–Kier alpha value is -2.41. The summed E-state index contributed by atoms with van der Waals surface area (Å²) >= 11 is 1.29. The molecule has 0 spiro atoms. The first kappa shape index (κ1) is 18.9. The lowest BCUT2D eigenvalue weighted by atomic mass is 10.2. The van der Waals surface area contributed by atoms with E-state index in [1.165, 1.54) is 11.3 Å². The number of hydrogen-bond donors (Lipinski definition) is 1. The molecule has 0 fully saturated rings. The van der Waals surface area contributed by atoms with Gasteiger partial charge >= 0.3 is 5.97 Å². The molecule has 0 saturated heterocycles. The number of amides is 1. The lowest BCUT2D eigenvalue weighted by Gasteiger charge is -2.18. The van der Waals surface area contributed by atoms with Gasteiger partial charge in [0, 0.05) is 30.2 Å². The fourth-order valence-corrected chi connectivity index (χ4v) is 3.01. The minimum atomic E-state index is -0.322. The summed E-state index contributed by atoms with van der Waals surface area (Å²) in [6.07, 6.45) is 1.18. The van der Waals surface area contributed by atoms with E-state index in [0.29, 0.717) is 23.0 Å². The van der Waals surface area contributed by atoms with Crippen molar-refractivity contribution in [2.75, 3.05) is 30.4 Å². The van der Waals surface area contributed by atoms with E-state index >= 15 is 0 Å². The van der Waals surface area contributed by atoms with Gasteiger partial charge in [-0.05, 0) is 37.6 Å². The van der Waals surface area contributed by atoms with E-state index in [9.17, 15) is 9.59 Å². The second kappa shape index (κ2) is 9.17. The van der Waals surface area contributed by atoms with Crippen molar-refractivity contribution >= 4 is 34.0 Å². The summed E-state index contributed by atoms with van der Waals surface area (Å²) in [5.41, 5.74) is 2.23. The van der Waals surface area contributed by atoms with Gasteiger partial charge in [-0.15, -0.1) is 11.3 Å². The normalized spacial score (nSPS) is 10.4. The summed E-state index contributed by atoms with van der Waals surface area (Å²) in [6, 6.07) is 7.45. The van der Waals surface area contributed by atoms with Crippen LogP contribution in [0.5, 0.6) is 0 Å². The zero-order valence-corrected chi connectivity index (χ0v) is 15.6. The number of aromatic nitrogens is 1. The van der Waals surface area contributed by atoms with Gasteiger partial charge in [0.25, 0.3) is 5.91 Å². The molecule has 0 aliphatic heterocycles. The molecule has 0 atom stereocenters. The van der Waals surface area contributed by atoms with Crippen LogP contribution < -0.4 is 10.2 Å². The SMILES string of the molecule is CCCN(C)c1ccc(C(=O)Nc2nc(CC(=O)OCC)cs2)cc1. The van der Waals surface area contributed by atoms with Gasteiger partial charge in [-0.25, -0.2) is 4.98 Å². The van der Waals surface area contributed by atoms with Crippen LogP contribution >= 0.6 is 11.3 Å². The molecule has 1 N–H and O–H groups in total. The molecule has 7 heteroatoms. The number of anilines is 2. The zero-order chi connectivity index (χ0) is 18.2. The van der Waals surface area contributed by atoms with Crippen LogP contribution in [0.15, 0.2) is 29.6 Å². The van der Waals surface area contributed by atoms with Crippen molar-refractivity contribution in [3.8, 4) is 0 Å². The van der Waals surface area contributed by atoms with Crippen molar-refractivity contribution < 1.29 is 14.3 Å². The molecule has 0 bridgehead atoms. The van der Waals surface area contributed by atoms with Gasteiger partial charge in [-0.3, -0.25) is 14.9 Å². The van der Waals surface area contributed by atoms with Crippen LogP contribution in [0.2, 0.25) is 0 Å². The molecule has 0 unspecified atom stereocenters. The Morgan fingerprint density at radius 3 is 2.60 bits per heavy atom. The van der Waals surface area contributed by atoms with Gasteiger partial charge in [0.15, 0.2) is 5.13 Å². The van der Waals surface area contributed by atoms with Crippen molar-refractivity contribution in [2.24, 2.45) is 0 Å². The summed E-state index contributed by atoms with van der Waals surface area (Å²) < 4.78 is 4.89. The van der Waals surface area contributed by atoms with E-state index in [1.54, 1.807) is 24.4 Å². The van der Waals surface area contributed by atoms with Gasteiger partial charge in [0.1, 0.15) is 0 Å². The van der Waals surface area contributed by atoms with E-state index in [2.05, 4.69) is 22.1 Å². The molecule has 1 aromatic heterocycles. The Morgan fingerprint density at radius 1 is 1.24 bits per heavy atom. The molecule has 0 radical (unpaired) electrons. The van der Waals surface area contributed by atoms with E-state index in [0.717, 1.165) is 18.7 Å². The highest BCUT2D eigenvalue weighted by molar-refractivity contribution is 7.14. The van der Waals surface area contributed by atoms with Gasteiger partial charge in [0.2, 0.25) is 0 Å². The number of rotatable bonds is 8. The number of hydrogen-bond acceptors (Lipinski definition) is 6. The molecule has 0 aliphatic carbocycles. The number of carbonyl (C=O) groups excluding carboxylic acids is 2. The maximum absolute atomic E-state index is 12.3. The van der Waals surface area contributed by atoms with Crippen LogP contribution in [0.4, 0.5) is 10.8 Å². The summed E-state index contributed by atoms with van der Waals surface area (Å²) in [6.45, 7) is 5.20. The highest BCUT2D eigenvalue weighted by Crippen LogP contribution is 2.19. The van der Waals surface area contributed by atoms with Gasteiger partial charge in [-0.2, -0.15) is 0 Å². The molecule has 1 amide bonds. The fourth-order valence-electron chi connectivity index (χ4n) is 2.31. The molecule has 0 saturated carbocycles. The lowest BCUT2D eigenvalue weighted by Crippen LogP contribution is -2.18. The smallest absolute Gasteiger partial charge is 0.311 e. The van der Waals surface area contributed by atoms with E-state index in [4.69, 9.17) is 4.74 Å². The minimum absolute atomic E-state index is 0.110. The number of ether oxygens (including phenoxy) is 1. The number of nitrogens with zero attached hydrogens (tertiary/aromatic N) is 2. The van der Waals surface area contributed by atoms with Gasteiger partial charge in [-0.1, -0.05) is 6.92 Å². The summed E-state index contributed by atoms with van der Waals surface area (Å²) in [5, 5.41) is 4.97. The van der Waals surface area contributed by atoms with Crippen LogP contribution in [0, 0.1) is 0 Å². The Kier molecular flexibility index (Phi) is 6.94. The largest absolute Gasteiger partial charge is 0.466 e. The number of carbonyl (C=O) groups is 2. The first-order valence-electron chi connectivity index (χ1n) is 8.26. The standard InChI is InChI=1S/C18H23N3O3S/c1-4-10-21(3)15-8-6-13(7-9-15)17(23)20-18-19-14(12-25-18)11-16(22)24-5-2/h6-9,12H,4-5,10-11H2,1-3H3,(H,19,20,23). The summed E-state index contributed by atoms with van der Waals surface area (Å²) in [7, 11) is 2.03. The predicted octanol–water partition coefficient (Wildman–Crippen LogP) is 3.35. The predicted molar refractivity (Wildman–Crippen MR) is 100 cm³/mol. The first-order valence-corrected chi connectivity index (χ1v) is 9.14. The van der Waals surface area contributed by atoms with E-state index in [-0.39, 0.29) is 18.3 Å². The molecule has 1 aromatic carbocycles. The third-order valence-corrected chi connectivity index (χ3v) is 4.34. The number of benzene rings is 1. The summed E-state index contributed by atoms with van der Waals surface area (Å²) in [5.74, 6) is -0.542. The molecule has 25 heavy (non-hydrogen) atoms. The molecule has 0 aliphatic rings. The van der Waals surface area contributed by atoms with Crippen molar-refractivity contribution in [3.63, 3.8) is 0 Å². The van der Waals surface area contributed by atoms with Crippen LogP contribution in [0.3, 0.4) is 0 Å². The third-order valence-electron chi connectivity index (χ3n) is 3.53. The molecule has 2 rings (SSSR count). The molecule has 6 nitrogen and oxygen atoms in total. The maximum Gasteiger partial charge on any atom is 0.311 e. The quantitative estimate of drug-likeness (QED) is 0.730. The van der Waals surface area contributed by atoms with E-state index < -0.39 is 0 Å². The fraction of sp³-hybridized carbons (Fsp3) is 0.389. The van der Waals surface area contributed by atoms with Crippen molar-refractivity contribution in [3.05, 3.63) is 40.9 Å². The number of nitrogens with one attached hydrogen (secondary N) is 1. The monoisotopic (exact) mass is 361 g/mol. The van der Waals surface area contributed by atoms with Gasteiger partial charge < -0.3 is 9.64 Å². The van der Waals surface area contributed by atoms with Gasteiger partial charge in [0.05, 0.1) is 18.7 Å². The van der Waals surface area contributed by atoms with Crippen LogP contribution in [0.25, 0.3) is 0 Å². The first-order chi connectivity index (χ1) is 12.0. The average molecular weight is 361 g/mol. The van der Waals surface area contributed by atoms with Crippen LogP contribution in [-0.2, 0) is 16.0 Å². The minimum Gasteiger partial charge on any atom is -0.466 e. The number of thiazole rings is 1.